The Morgan fingerprint density at radius 3 is 2.46 bits per heavy atom. The van der Waals surface area contributed by atoms with Gasteiger partial charge in [0.25, 0.3) is 0 Å². The minimum atomic E-state index is 0.241. The van der Waals surface area contributed by atoms with Crippen LogP contribution in [0.3, 0.4) is 0 Å². The summed E-state index contributed by atoms with van der Waals surface area (Å²) >= 11 is 3.64. The van der Waals surface area contributed by atoms with Crippen molar-refractivity contribution in [2.75, 3.05) is 13.1 Å². The second-order valence-corrected chi connectivity index (χ2v) is 6.05. The molecular formula is C10H16BrNO. The van der Waals surface area contributed by atoms with E-state index in [0.29, 0.717) is 16.7 Å². The van der Waals surface area contributed by atoms with Crippen molar-refractivity contribution in [1.29, 1.82) is 0 Å². The molecule has 0 radical (unpaired) electrons. The van der Waals surface area contributed by atoms with Crippen molar-refractivity contribution in [3.05, 3.63) is 0 Å². The van der Waals surface area contributed by atoms with Gasteiger partial charge in [0.15, 0.2) is 0 Å². The quantitative estimate of drug-likeness (QED) is 0.648. The molecule has 0 aromatic carbocycles. The van der Waals surface area contributed by atoms with Crippen LogP contribution in [0, 0.1) is 11.3 Å². The molecule has 1 saturated carbocycles. The van der Waals surface area contributed by atoms with Crippen LogP contribution in [0.15, 0.2) is 0 Å². The minimum absolute atomic E-state index is 0.241. The largest absolute Gasteiger partial charge is 0.341 e. The van der Waals surface area contributed by atoms with E-state index in [9.17, 15) is 4.79 Å². The summed E-state index contributed by atoms with van der Waals surface area (Å²) < 4.78 is 0. The van der Waals surface area contributed by atoms with Gasteiger partial charge in [-0.05, 0) is 18.3 Å². The van der Waals surface area contributed by atoms with Crippen molar-refractivity contribution in [2.45, 2.75) is 31.5 Å². The summed E-state index contributed by atoms with van der Waals surface area (Å²) in [6, 6.07) is 0. The second-order valence-electron chi connectivity index (χ2n) is 4.95. The van der Waals surface area contributed by atoms with Crippen LogP contribution in [0.1, 0.15) is 26.7 Å². The molecule has 1 saturated heterocycles. The molecule has 0 bridgehead atoms. The van der Waals surface area contributed by atoms with Gasteiger partial charge in [0, 0.05) is 23.8 Å². The first-order valence-electron chi connectivity index (χ1n) is 4.93. The zero-order chi connectivity index (χ0) is 9.64. The van der Waals surface area contributed by atoms with Crippen molar-refractivity contribution in [3.63, 3.8) is 0 Å². The molecule has 0 spiro atoms. The van der Waals surface area contributed by atoms with Crippen LogP contribution in [0.2, 0.25) is 0 Å². The molecule has 2 nitrogen and oxygen atoms in total. The molecule has 0 aromatic heterocycles. The van der Waals surface area contributed by atoms with Gasteiger partial charge in [0.2, 0.25) is 5.91 Å². The second kappa shape index (κ2) is 2.97. The molecule has 3 heteroatoms. The Morgan fingerprint density at radius 2 is 2.08 bits per heavy atom. The lowest BCUT2D eigenvalue weighted by Gasteiger charge is -2.20. The molecule has 1 unspecified atom stereocenters. The summed E-state index contributed by atoms with van der Waals surface area (Å²) in [4.78, 5) is 14.2. The Balaban J connectivity index is 2.00. The van der Waals surface area contributed by atoms with Crippen LogP contribution in [-0.4, -0.2) is 28.7 Å². The molecule has 1 aliphatic carbocycles. The number of likely N-dealkylation sites (tertiary alicyclic amines) is 1. The van der Waals surface area contributed by atoms with E-state index in [2.05, 4.69) is 29.8 Å². The first kappa shape index (κ1) is 9.50. The lowest BCUT2D eigenvalue weighted by atomic mass is 9.93. The fourth-order valence-corrected chi connectivity index (χ4v) is 2.35. The zero-order valence-corrected chi connectivity index (χ0v) is 9.80. The van der Waals surface area contributed by atoms with Gasteiger partial charge in [-0.15, -0.1) is 0 Å². The average Bonchev–Trinajstić information content (AvgIpc) is 2.80. The molecule has 13 heavy (non-hydrogen) atoms. The maximum atomic E-state index is 11.7. The maximum absolute atomic E-state index is 11.7. The lowest BCUT2D eigenvalue weighted by Crippen LogP contribution is -2.31. The first-order valence-corrected chi connectivity index (χ1v) is 5.85. The Kier molecular flexibility index (Phi) is 2.17. The van der Waals surface area contributed by atoms with E-state index in [1.165, 1.54) is 0 Å². The number of hydrogen-bond acceptors (Lipinski definition) is 1. The third-order valence-corrected chi connectivity index (χ3v) is 4.59. The Hall–Kier alpha value is -0.0500. The molecule has 0 N–H and O–H groups in total. The number of halogens is 1. The summed E-state index contributed by atoms with van der Waals surface area (Å²) in [5.41, 5.74) is 0.241. The molecule has 1 amide bonds. The van der Waals surface area contributed by atoms with E-state index in [4.69, 9.17) is 0 Å². The van der Waals surface area contributed by atoms with Gasteiger partial charge < -0.3 is 4.90 Å². The van der Waals surface area contributed by atoms with Crippen LogP contribution >= 0.6 is 15.9 Å². The molecule has 2 fully saturated rings. The maximum Gasteiger partial charge on any atom is 0.225 e. The van der Waals surface area contributed by atoms with Gasteiger partial charge in [-0.3, -0.25) is 4.79 Å². The average molecular weight is 246 g/mol. The number of hydrogen-bond donors (Lipinski definition) is 0. The molecular weight excluding hydrogens is 230 g/mol. The van der Waals surface area contributed by atoms with Crippen LogP contribution < -0.4 is 0 Å². The summed E-state index contributed by atoms with van der Waals surface area (Å²) in [6.07, 6.45) is 2.23. The zero-order valence-electron chi connectivity index (χ0n) is 8.22. The van der Waals surface area contributed by atoms with Crippen molar-refractivity contribution in [3.8, 4) is 0 Å². The molecule has 2 rings (SSSR count). The molecule has 1 aliphatic heterocycles. The molecule has 2 aliphatic rings. The Labute approximate surface area is 87.8 Å². The SMILES string of the molecule is CC1(C)CN(C(=O)C2CC2)CC1Br. The normalized spacial score (nSPS) is 32.2. The minimum Gasteiger partial charge on any atom is -0.341 e. The topological polar surface area (TPSA) is 20.3 Å². The van der Waals surface area contributed by atoms with Crippen molar-refractivity contribution >= 4 is 21.8 Å². The van der Waals surface area contributed by atoms with Gasteiger partial charge in [0.1, 0.15) is 0 Å². The predicted octanol–water partition coefficient (Wildman–Crippen LogP) is 2.03. The Morgan fingerprint density at radius 1 is 1.46 bits per heavy atom. The van der Waals surface area contributed by atoms with Gasteiger partial charge in [0.05, 0.1) is 0 Å². The first-order chi connectivity index (χ1) is 6.00. The van der Waals surface area contributed by atoms with E-state index in [1.807, 2.05) is 4.90 Å². The van der Waals surface area contributed by atoms with E-state index < -0.39 is 0 Å². The summed E-state index contributed by atoms with van der Waals surface area (Å²) in [7, 11) is 0. The number of carbonyl (C=O) groups excluding carboxylic acids is 1. The molecule has 1 heterocycles. The van der Waals surface area contributed by atoms with Gasteiger partial charge in [-0.2, -0.15) is 0 Å². The fraction of sp³-hybridized carbons (Fsp3) is 0.900. The fourth-order valence-electron chi connectivity index (χ4n) is 1.85. The molecule has 0 aromatic rings. The summed E-state index contributed by atoms with van der Waals surface area (Å²) in [6.45, 7) is 6.24. The van der Waals surface area contributed by atoms with Gasteiger partial charge in [-0.1, -0.05) is 29.8 Å². The predicted molar refractivity (Wildman–Crippen MR) is 55.8 cm³/mol. The van der Waals surface area contributed by atoms with E-state index in [-0.39, 0.29) is 5.41 Å². The number of rotatable bonds is 1. The third-order valence-electron chi connectivity index (χ3n) is 3.07. The standard InChI is InChI=1S/C10H16BrNO/c1-10(2)6-12(5-8(10)11)9(13)7-3-4-7/h7-8H,3-6H2,1-2H3. The van der Waals surface area contributed by atoms with Crippen molar-refractivity contribution < 1.29 is 4.79 Å². The third kappa shape index (κ3) is 1.76. The van der Waals surface area contributed by atoms with Gasteiger partial charge in [-0.25, -0.2) is 0 Å². The van der Waals surface area contributed by atoms with Crippen LogP contribution in [0.25, 0.3) is 0 Å². The van der Waals surface area contributed by atoms with E-state index in [1.54, 1.807) is 0 Å². The van der Waals surface area contributed by atoms with Crippen LogP contribution in [-0.2, 0) is 4.79 Å². The van der Waals surface area contributed by atoms with Crippen LogP contribution in [0.5, 0.6) is 0 Å². The highest BCUT2D eigenvalue weighted by Gasteiger charge is 2.43. The number of amides is 1. The van der Waals surface area contributed by atoms with Gasteiger partial charge >= 0.3 is 0 Å². The molecule has 74 valence electrons. The van der Waals surface area contributed by atoms with E-state index >= 15 is 0 Å². The van der Waals surface area contributed by atoms with E-state index in [0.717, 1.165) is 25.9 Å². The highest BCUT2D eigenvalue weighted by molar-refractivity contribution is 9.09. The monoisotopic (exact) mass is 245 g/mol. The Bertz CT molecular complexity index is 235. The van der Waals surface area contributed by atoms with Crippen molar-refractivity contribution in [1.82, 2.24) is 4.90 Å². The summed E-state index contributed by atoms with van der Waals surface area (Å²) in [5, 5.41) is 0. The molecule has 1 atom stereocenters. The summed E-state index contributed by atoms with van der Waals surface area (Å²) in [5.74, 6) is 0.753. The smallest absolute Gasteiger partial charge is 0.225 e. The highest BCUT2D eigenvalue weighted by atomic mass is 79.9. The number of carbonyl (C=O) groups is 1. The number of alkyl halides is 1. The lowest BCUT2D eigenvalue weighted by molar-refractivity contribution is -0.131. The van der Waals surface area contributed by atoms with Crippen molar-refractivity contribution in [2.24, 2.45) is 11.3 Å². The highest BCUT2D eigenvalue weighted by Crippen LogP contribution is 2.38. The number of nitrogens with zero attached hydrogens (tertiary/aromatic N) is 1. The van der Waals surface area contributed by atoms with Crippen LogP contribution in [0.4, 0.5) is 0 Å².